The molecule has 1 aliphatic rings. The molecule has 3 rings (SSSR count). The van der Waals surface area contributed by atoms with Crippen molar-refractivity contribution in [3.63, 3.8) is 0 Å². The summed E-state index contributed by atoms with van der Waals surface area (Å²) in [6.45, 7) is 10.3. The summed E-state index contributed by atoms with van der Waals surface area (Å²) in [5, 5.41) is 15.8. The molecule has 0 heterocycles. The highest BCUT2D eigenvalue weighted by molar-refractivity contribution is 7.92. The second kappa shape index (κ2) is 8.90. The van der Waals surface area contributed by atoms with Gasteiger partial charge in [-0.25, -0.2) is 8.42 Å². The summed E-state index contributed by atoms with van der Waals surface area (Å²) in [4.78, 5) is 10.5. The third-order valence-electron chi connectivity index (χ3n) is 5.59. The van der Waals surface area contributed by atoms with Crippen LogP contribution in [0.25, 0.3) is 0 Å². The van der Waals surface area contributed by atoms with Gasteiger partial charge in [0.1, 0.15) is 4.90 Å². The van der Waals surface area contributed by atoms with E-state index in [1.54, 1.807) is 19.1 Å². The van der Waals surface area contributed by atoms with Crippen LogP contribution in [0.1, 0.15) is 51.2 Å². The summed E-state index contributed by atoms with van der Waals surface area (Å²) in [6, 6.07) is 9.06. The first-order chi connectivity index (χ1) is 14.9. The number of anilines is 2. The van der Waals surface area contributed by atoms with Crippen LogP contribution in [0.15, 0.2) is 46.4 Å². The maximum Gasteiger partial charge on any atom is 0.270 e. The van der Waals surface area contributed by atoms with Gasteiger partial charge in [0.05, 0.1) is 16.3 Å². The molecule has 0 aliphatic heterocycles. The number of nitrogens with one attached hydrogen (secondary N) is 2. The number of nitro groups is 1. The van der Waals surface area contributed by atoms with E-state index in [9.17, 15) is 18.5 Å². The van der Waals surface area contributed by atoms with Crippen molar-refractivity contribution >= 4 is 32.8 Å². The van der Waals surface area contributed by atoms with E-state index in [4.69, 9.17) is 0 Å². The number of nitro benzene ring substituents is 1. The molecule has 2 N–H and O–H groups in total. The molecule has 2 aromatic rings. The lowest BCUT2D eigenvalue weighted by molar-refractivity contribution is -0.385. The smallest absolute Gasteiger partial charge is 0.270 e. The predicted molar refractivity (Wildman–Crippen MR) is 128 cm³/mol. The predicted octanol–water partition coefficient (Wildman–Crippen LogP) is 5.63. The van der Waals surface area contributed by atoms with Crippen LogP contribution in [0.3, 0.4) is 0 Å². The van der Waals surface area contributed by atoms with Crippen LogP contribution in [-0.4, -0.2) is 19.1 Å². The first-order valence-electron chi connectivity index (χ1n) is 10.6. The maximum atomic E-state index is 13.2. The van der Waals surface area contributed by atoms with Crippen LogP contribution in [0.2, 0.25) is 0 Å². The molecule has 32 heavy (non-hydrogen) atoms. The van der Waals surface area contributed by atoms with Crippen molar-refractivity contribution in [1.29, 1.82) is 0 Å². The van der Waals surface area contributed by atoms with Gasteiger partial charge in [-0.2, -0.15) is 5.10 Å². The highest BCUT2D eigenvalue weighted by Crippen LogP contribution is 2.37. The van der Waals surface area contributed by atoms with Gasteiger partial charge in [0, 0.05) is 17.8 Å². The minimum Gasteiger partial charge on any atom is -0.279 e. The molecule has 1 saturated carbocycles. The normalized spacial score (nSPS) is 19.5. The van der Waals surface area contributed by atoms with E-state index < -0.39 is 14.9 Å². The molecule has 0 saturated heterocycles. The van der Waals surface area contributed by atoms with Gasteiger partial charge in [-0.05, 0) is 62.1 Å². The fourth-order valence-corrected chi connectivity index (χ4v) is 5.71. The third kappa shape index (κ3) is 5.64. The Morgan fingerprint density at radius 2 is 1.81 bits per heavy atom. The number of non-ortho nitro benzene ring substituents is 1. The average molecular weight is 459 g/mol. The maximum absolute atomic E-state index is 13.2. The van der Waals surface area contributed by atoms with Gasteiger partial charge in [0.25, 0.3) is 15.7 Å². The summed E-state index contributed by atoms with van der Waals surface area (Å²) in [7, 11) is -4.11. The number of benzene rings is 2. The molecule has 0 spiro atoms. The lowest BCUT2D eigenvalue weighted by Gasteiger charge is -2.34. The van der Waals surface area contributed by atoms with E-state index in [0.717, 1.165) is 42.2 Å². The molecular weight excluding hydrogens is 428 g/mol. The first kappa shape index (κ1) is 23.7. The molecule has 2 aromatic carbocycles. The monoisotopic (exact) mass is 458 g/mol. The zero-order valence-electron chi connectivity index (χ0n) is 19.1. The molecule has 0 bridgehead atoms. The lowest BCUT2D eigenvalue weighted by atomic mass is 9.72. The van der Waals surface area contributed by atoms with E-state index >= 15 is 0 Å². The van der Waals surface area contributed by atoms with E-state index in [1.165, 1.54) is 12.1 Å². The molecule has 1 fully saturated rings. The summed E-state index contributed by atoms with van der Waals surface area (Å²) in [5.41, 5.74) is 6.00. The number of hydrazone groups is 1. The van der Waals surface area contributed by atoms with Gasteiger partial charge in [0.2, 0.25) is 0 Å². The number of sulfonamides is 1. The van der Waals surface area contributed by atoms with E-state index in [1.807, 2.05) is 13.0 Å². The highest BCUT2D eigenvalue weighted by atomic mass is 32.2. The summed E-state index contributed by atoms with van der Waals surface area (Å²) < 4.78 is 29.0. The van der Waals surface area contributed by atoms with E-state index in [-0.39, 0.29) is 21.7 Å². The Kier molecular flexibility index (Phi) is 6.59. The summed E-state index contributed by atoms with van der Waals surface area (Å²) in [6.07, 6.45) is 2.73. The van der Waals surface area contributed by atoms with Crippen LogP contribution in [-0.2, 0) is 10.0 Å². The SMILES string of the molecule is Cc1ccc(NS(=O)(=O)c2cc([N+](=O)[O-])ccc2NN=C2CC(C)CC(C)(C)C2)c(C)c1. The molecule has 1 aliphatic carbocycles. The van der Waals surface area contributed by atoms with Crippen LogP contribution < -0.4 is 10.1 Å². The number of hydrogen-bond acceptors (Lipinski definition) is 6. The van der Waals surface area contributed by atoms with Crippen LogP contribution >= 0.6 is 0 Å². The average Bonchev–Trinajstić information content (AvgIpc) is 2.67. The third-order valence-corrected chi connectivity index (χ3v) is 7.00. The van der Waals surface area contributed by atoms with Gasteiger partial charge in [-0.15, -0.1) is 0 Å². The molecular formula is C23H30N4O4S. The van der Waals surface area contributed by atoms with Crippen LogP contribution in [0.4, 0.5) is 17.1 Å². The van der Waals surface area contributed by atoms with Crippen LogP contribution in [0, 0.1) is 35.3 Å². The molecule has 1 unspecified atom stereocenters. The van der Waals surface area contributed by atoms with Crippen molar-refractivity contribution in [3.8, 4) is 0 Å². The fourth-order valence-electron chi connectivity index (χ4n) is 4.41. The van der Waals surface area contributed by atoms with E-state index in [2.05, 4.69) is 36.0 Å². The number of hydrogen-bond donors (Lipinski definition) is 2. The topological polar surface area (TPSA) is 114 Å². The van der Waals surface area contributed by atoms with Crippen molar-refractivity contribution in [2.24, 2.45) is 16.4 Å². The zero-order chi connectivity index (χ0) is 23.7. The minimum atomic E-state index is -4.11. The quantitative estimate of drug-likeness (QED) is 0.430. The number of aryl methyl sites for hydroxylation is 2. The summed E-state index contributed by atoms with van der Waals surface area (Å²) >= 11 is 0. The largest absolute Gasteiger partial charge is 0.279 e. The zero-order valence-corrected chi connectivity index (χ0v) is 19.9. The second-order valence-corrected chi connectivity index (χ2v) is 11.2. The molecule has 1 atom stereocenters. The molecule has 0 radical (unpaired) electrons. The summed E-state index contributed by atoms with van der Waals surface area (Å²) in [5.74, 6) is 0.477. The van der Waals surface area contributed by atoms with Gasteiger partial charge in [0.15, 0.2) is 0 Å². The van der Waals surface area contributed by atoms with Crippen molar-refractivity contribution in [1.82, 2.24) is 0 Å². The van der Waals surface area contributed by atoms with Crippen molar-refractivity contribution < 1.29 is 13.3 Å². The van der Waals surface area contributed by atoms with Gasteiger partial charge >= 0.3 is 0 Å². The first-order valence-corrected chi connectivity index (χ1v) is 12.0. The van der Waals surface area contributed by atoms with Gasteiger partial charge in [-0.1, -0.05) is 38.5 Å². The highest BCUT2D eigenvalue weighted by Gasteiger charge is 2.30. The fraction of sp³-hybridized carbons (Fsp3) is 0.435. The number of rotatable bonds is 6. The standard InChI is InChI=1S/C23H30N4O4S/c1-15-6-8-20(17(3)10-15)26-32(30,31)22-12-19(27(28)29)7-9-21(22)25-24-18-11-16(2)13-23(4,5)14-18/h6-10,12,16,25-26H,11,13-14H2,1-5H3. The molecule has 0 aromatic heterocycles. The molecule has 8 nitrogen and oxygen atoms in total. The van der Waals surface area contributed by atoms with Gasteiger partial charge < -0.3 is 0 Å². The molecule has 0 amide bonds. The number of nitrogens with zero attached hydrogens (tertiary/aromatic N) is 2. The second-order valence-electron chi connectivity index (χ2n) is 9.51. The Balaban J connectivity index is 1.97. The van der Waals surface area contributed by atoms with Crippen molar-refractivity contribution in [2.75, 3.05) is 10.1 Å². The Hall–Kier alpha value is -2.94. The Morgan fingerprint density at radius 3 is 2.44 bits per heavy atom. The minimum absolute atomic E-state index is 0.118. The Bertz CT molecular complexity index is 1170. The van der Waals surface area contributed by atoms with Gasteiger partial charge in [-0.3, -0.25) is 20.3 Å². The van der Waals surface area contributed by atoms with E-state index in [0.29, 0.717) is 11.6 Å². The lowest BCUT2D eigenvalue weighted by Crippen LogP contribution is -2.28. The van der Waals surface area contributed by atoms with Crippen molar-refractivity contribution in [2.45, 2.75) is 58.8 Å². The Morgan fingerprint density at radius 1 is 1.12 bits per heavy atom. The van der Waals surface area contributed by atoms with Crippen molar-refractivity contribution in [3.05, 3.63) is 57.6 Å². The Labute approximate surface area is 189 Å². The molecule has 172 valence electrons. The molecule has 9 heteroatoms. The van der Waals surface area contributed by atoms with Crippen LogP contribution in [0.5, 0.6) is 0 Å².